The molecule has 0 radical (unpaired) electrons. The molecule has 1 aromatic carbocycles. The molecule has 1 aromatic heterocycles. The summed E-state index contributed by atoms with van der Waals surface area (Å²) in [6, 6.07) is 6.80. The minimum Gasteiger partial charge on any atom is -0.325 e. The summed E-state index contributed by atoms with van der Waals surface area (Å²) < 4.78 is 39.4. The molecule has 9 heteroatoms. The number of halogens is 4. The summed E-state index contributed by atoms with van der Waals surface area (Å²) in [6.07, 6.45) is -1.63. The molecule has 0 aliphatic carbocycles. The van der Waals surface area contributed by atoms with E-state index in [0.717, 1.165) is 36.3 Å². The maximum absolute atomic E-state index is 12.9. The van der Waals surface area contributed by atoms with E-state index in [2.05, 4.69) is 15.7 Å². The molecule has 130 valence electrons. The Morgan fingerprint density at radius 2 is 1.96 bits per heavy atom. The van der Waals surface area contributed by atoms with Crippen molar-refractivity contribution >= 4 is 24.0 Å². The summed E-state index contributed by atoms with van der Waals surface area (Å²) in [4.78, 5) is 12.0. The third-order valence-corrected chi connectivity index (χ3v) is 3.69. The summed E-state index contributed by atoms with van der Waals surface area (Å²) in [5, 5.41) is 9.54. The van der Waals surface area contributed by atoms with E-state index in [1.807, 2.05) is 0 Å². The maximum Gasteiger partial charge on any atom is 0.433 e. The molecular weight excluding hydrogens is 345 g/mol. The van der Waals surface area contributed by atoms with Crippen LogP contribution in [0.15, 0.2) is 36.5 Å². The fourth-order valence-electron chi connectivity index (χ4n) is 2.55. The van der Waals surface area contributed by atoms with Crippen molar-refractivity contribution < 1.29 is 18.0 Å². The van der Waals surface area contributed by atoms with Crippen LogP contribution < -0.4 is 10.6 Å². The van der Waals surface area contributed by atoms with Crippen LogP contribution in [0.4, 0.5) is 18.9 Å². The van der Waals surface area contributed by atoms with Crippen LogP contribution in [-0.2, 0) is 11.0 Å². The van der Waals surface area contributed by atoms with Gasteiger partial charge < -0.3 is 10.6 Å². The van der Waals surface area contributed by atoms with Gasteiger partial charge >= 0.3 is 6.18 Å². The van der Waals surface area contributed by atoms with E-state index in [9.17, 15) is 18.0 Å². The number of nitrogens with zero attached hydrogens (tertiary/aromatic N) is 2. The molecule has 1 fully saturated rings. The first-order valence-electron chi connectivity index (χ1n) is 7.21. The summed E-state index contributed by atoms with van der Waals surface area (Å²) in [5.74, 6) is -0.134. The Bertz CT molecular complexity index is 693. The standard InChI is InChI=1S/C15H15F3N4O.ClH/c16-15(17,18)13-7-9-20-22(13)11-5-3-10(4-6-11)21-14(23)12-2-1-8-19-12;/h3-7,9,12,19H,1-2,8H2,(H,21,23);1H. The zero-order valence-electron chi connectivity index (χ0n) is 12.5. The van der Waals surface area contributed by atoms with Crippen molar-refractivity contribution in [3.8, 4) is 5.69 Å². The van der Waals surface area contributed by atoms with Crippen molar-refractivity contribution in [1.82, 2.24) is 15.1 Å². The van der Waals surface area contributed by atoms with Gasteiger partial charge in [-0.3, -0.25) is 4.79 Å². The minimum absolute atomic E-state index is 0. The van der Waals surface area contributed by atoms with Gasteiger partial charge in [-0.15, -0.1) is 12.4 Å². The fraction of sp³-hybridized carbons (Fsp3) is 0.333. The van der Waals surface area contributed by atoms with Crippen LogP contribution in [0.25, 0.3) is 5.69 Å². The SMILES string of the molecule is Cl.O=C(Nc1ccc(-n2nccc2C(F)(F)F)cc1)C1CCCN1. The molecule has 0 bridgehead atoms. The average Bonchev–Trinajstić information content (AvgIpc) is 3.19. The third-order valence-electron chi connectivity index (χ3n) is 3.69. The zero-order chi connectivity index (χ0) is 16.4. The smallest absolute Gasteiger partial charge is 0.325 e. The predicted molar refractivity (Wildman–Crippen MR) is 85.5 cm³/mol. The van der Waals surface area contributed by atoms with Crippen LogP contribution in [0.1, 0.15) is 18.5 Å². The van der Waals surface area contributed by atoms with Crippen LogP contribution in [-0.4, -0.2) is 28.3 Å². The maximum atomic E-state index is 12.9. The van der Waals surface area contributed by atoms with Crippen molar-refractivity contribution in [2.75, 3.05) is 11.9 Å². The van der Waals surface area contributed by atoms with Crippen molar-refractivity contribution in [2.45, 2.75) is 25.1 Å². The number of anilines is 1. The topological polar surface area (TPSA) is 59.0 Å². The molecule has 1 amide bonds. The van der Waals surface area contributed by atoms with Gasteiger partial charge in [0.15, 0.2) is 0 Å². The van der Waals surface area contributed by atoms with E-state index in [0.29, 0.717) is 5.69 Å². The molecule has 1 aliphatic heterocycles. The molecule has 2 aromatic rings. The number of benzene rings is 1. The molecular formula is C15H16ClF3N4O. The highest BCUT2D eigenvalue weighted by atomic mass is 35.5. The van der Waals surface area contributed by atoms with Gasteiger partial charge in [-0.05, 0) is 49.7 Å². The second-order valence-electron chi connectivity index (χ2n) is 5.31. The summed E-state index contributed by atoms with van der Waals surface area (Å²) in [7, 11) is 0. The van der Waals surface area contributed by atoms with Gasteiger partial charge in [-0.1, -0.05) is 0 Å². The molecule has 5 nitrogen and oxygen atoms in total. The Balaban J connectivity index is 0.00000208. The highest BCUT2D eigenvalue weighted by Crippen LogP contribution is 2.30. The number of hydrogen-bond donors (Lipinski definition) is 2. The fourth-order valence-corrected chi connectivity index (χ4v) is 2.55. The molecule has 2 N–H and O–H groups in total. The summed E-state index contributed by atoms with van der Waals surface area (Å²) in [6.45, 7) is 0.816. The van der Waals surface area contributed by atoms with Crippen LogP contribution in [0, 0.1) is 0 Å². The van der Waals surface area contributed by atoms with Gasteiger partial charge in [0.1, 0.15) is 5.69 Å². The van der Waals surface area contributed by atoms with Gasteiger partial charge in [0.25, 0.3) is 0 Å². The second kappa shape index (κ2) is 7.23. The largest absolute Gasteiger partial charge is 0.433 e. The van der Waals surface area contributed by atoms with E-state index >= 15 is 0 Å². The van der Waals surface area contributed by atoms with Crippen molar-refractivity contribution in [1.29, 1.82) is 0 Å². The molecule has 0 spiro atoms. The van der Waals surface area contributed by atoms with Crippen molar-refractivity contribution in [2.24, 2.45) is 0 Å². The van der Waals surface area contributed by atoms with Crippen LogP contribution in [0.2, 0.25) is 0 Å². The number of hydrogen-bond acceptors (Lipinski definition) is 3. The van der Waals surface area contributed by atoms with Crippen LogP contribution >= 0.6 is 12.4 Å². The van der Waals surface area contributed by atoms with Crippen LogP contribution in [0.5, 0.6) is 0 Å². The number of alkyl halides is 3. The van der Waals surface area contributed by atoms with Gasteiger partial charge in [0.05, 0.1) is 17.9 Å². The Morgan fingerprint density at radius 1 is 1.25 bits per heavy atom. The monoisotopic (exact) mass is 360 g/mol. The number of aromatic nitrogens is 2. The number of carbonyl (C=O) groups is 1. The lowest BCUT2D eigenvalue weighted by Gasteiger charge is -2.13. The third kappa shape index (κ3) is 3.88. The number of nitrogens with one attached hydrogen (secondary N) is 2. The first-order chi connectivity index (χ1) is 10.9. The lowest BCUT2D eigenvalue weighted by atomic mass is 10.2. The van der Waals surface area contributed by atoms with Gasteiger partial charge in [0, 0.05) is 5.69 Å². The Kier molecular flexibility index (Phi) is 5.51. The van der Waals surface area contributed by atoms with E-state index < -0.39 is 11.9 Å². The van der Waals surface area contributed by atoms with E-state index in [1.54, 1.807) is 12.1 Å². The minimum atomic E-state index is -4.47. The lowest BCUT2D eigenvalue weighted by Crippen LogP contribution is -2.35. The summed E-state index contributed by atoms with van der Waals surface area (Å²) >= 11 is 0. The molecule has 1 unspecified atom stereocenters. The van der Waals surface area contributed by atoms with Crippen molar-refractivity contribution in [3.63, 3.8) is 0 Å². The predicted octanol–water partition coefficient (Wildman–Crippen LogP) is 3.00. The van der Waals surface area contributed by atoms with Crippen LogP contribution in [0.3, 0.4) is 0 Å². The van der Waals surface area contributed by atoms with E-state index in [-0.39, 0.29) is 30.0 Å². The molecule has 1 atom stereocenters. The molecule has 3 rings (SSSR count). The average molecular weight is 361 g/mol. The highest BCUT2D eigenvalue weighted by molar-refractivity contribution is 5.95. The van der Waals surface area contributed by atoms with Gasteiger partial charge in [-0.25, -0.2) is 4.68 Å². The van der Waals surface area contributed by atoms with E-state index in [4.69, 9.17) is 0 Å². The number of carbonyl (C=O) groups excluding carboxylic acids is 1. The molecule has 24 heavy (non-hydrogen) atoms. The van der Waals surface area contributed by atoms with Crippen molar-refractivity contribution in [3.05, 3.63) is 42.2 Å². The molecule has 0 saturated carbocycles. The Hall–Kier alpha value is -2.06. The first-order valence-corrected chi connectivity index (χ1v) is 7.21. The zero-order valence-corrected chi connectivity index (χ0v) is 13.3. The second-order valence-corrected chi connectivity index (χ2v) is 5.31. The number of amides is 1. The molecule has 1 saturated heterocycles. The van der Waals surface area contributed by atoms with Gasteiger partial charge in [0.2, 0.25) is 5.91 Å². The van der Waals surface area contributed by atoms with E-state index in [1.165, 1.54) is 12.1 Å². The summed E-state index contributed by atoms with van der Waals surface area (Å²) in [5.41, 5.74) is -0.0306. The molecule has 2 heterocycles. The Labute approximate surface area is 142 Å². The first kappa shape index (κ1) is 18.3. The normalized spacial score (nSPS) is 17.4. The molecule has 1 aliphatic rings. The Morgan fingerprint density at radius 3 is 2.54 bits per heavy atom. The van der Waals surface area contributed by atoms with Gasteiger partial charge in [-0.2, -0.15) is 18.3 Å². The lowest BCUT2D eigenvalue weighted by molar-refractivity contribution is -0.142. The highest BCUT2D eigenvalue weighted by Gasteiger charge is 2.35. The number of rotatable bonds is 3. The quantitative estimate of drug-likeness (QED) is 0.884.